The molecule has 2 aromatic rings. The van der Waals surface area contributed by atoms with Crippen LogP contribution in [-0.4, -0.2) is 40.5 Å². The van der Waals surface area contributed by atoms with Crippen LogP contribution in [0.2, 0.25) is 0 Å². The molecule has 0 bridgehead atoms. The van der Waals surface area contributed by atoms with Gasteiger partial charge in [0.15, 0.2) is 0 Å². The second-order valence-corrected chi connectivity index (χ2v) is 7.58. The molecule has 1 aliphatic heterocycles. The third-order valence-electron chi connectivity index (χ3n) is 3.50. The van der Waals surface area contributed by atoms with E-state index in [2.05, 4.69) is 73.6 Å². The summed E-state index contributed by atoms with van der Waals surface area (Å²) in [6.07, 6.45) is 3.50. The molecule has 0 unspecified atom stereocenters. The number of rotatable bonds is 3. The molecule has 0 aliphatic carbocycles. The van der Waals surface area contributed by atoms with Gasteiger partial charge in [0.2, 0.25) is 0 Å². The third kappa shape index (κ3) is 2.73. The Morgan fingerprint density at radius 3 is 2.00 bits per heavy atom. The van der Waals surface area contributed by atoms with E-state index in [0.717, 1.165) is 13.0 Å². The maximum atomic E-state index is 2.41. The summed E-state index contributed by atoms with van der Waals surface area (Å²) in [4.78, 5) is 2.24. The molecule has 0 saturated heterocycles. The Kier molecular flexibility index (Phi) is 4.07. The van der Waals surface area contributed by atoms with Gasteiger partial charge in [-0.25, -0.2) is 0 Å². The molecular formula is C18H19NSe. The van der Waals surface area contributed by atoms with Crippen LogP contribution < -0.4 is 8.92 Å². The topological polar surface area (TPSA) is 3.24 Å². The van der Waals surface area contributed by atoms with Crippen molar-refractivity contribution < 1.29 is 0 Å². The molecule has 0 spiro atoms. The van der Waals surface area contributed by atoms with Crippen LogP contribution >= 0.6 is 0 Å². The summed E-state index contributed by atoms with van der Waals surface area (Å²) in [5.74, 6) is 0. The van der Waals surface area contributed by atoms with Crippen molar-refractivity contribution in [2.45, 2.75) is 6.42 Å². The van der Waals surface area contributed by atoms with Gasteiger partial charge in [-0.05, 0) is 0 Å². The number of hydrogen-bond donors (Lipinski definition) is 0. The maximum absolute atomic E-state index is 2.41. The summed E-state index contributed by atoms with van der Waals surface area (Å²) in [7, 11) is 4.26. The molecule has 0 atom stereocenters. The van der Waals surface area contributed by atoms with E-state index in [1.54, 1.807) is 0 Å². The zero-order valence-electron chi connectivity index (χ0n) is 12.0. The molecule has 1 nitrogen and oxygen atoms in total. The van der Waals surface area contributed by atoms with Crippen molar-refractivity contribution in [1.82, 2.24) is 4.90 Å². The molecule has 20 heavy (non-hydrogen) atoms. The second kappa shape index (κ2) is 5.97. The molecule has 2 aromatic carbocycles. The average Bonchev–Trinajstić information content (AvgIpc) is 2.46. The van der Waals surface area contributed by atoms with E-state index >= 15 is 0 Å². The summed E-state index contributed by atoms with van der Waals surface area (Å²) in [5.41, 5.74) is 4.29. The van der Waals surface area contributed by atoms with Crippen LogP contribution in [0.25, 0.3) is 5.57 Å². The number of benzene rings is 2. The van der Waals surface area contributed by atoms with Crippen LogP contribution in [-0.2, 0) is 0 Å². The predicted molar refractivity (Wildman–Crippen MR) is 88.2 cm³/mol. The van der Waals surface area contributed by atoms with Crippen molar-refractivity contribution in [3.63, 3.8) is 0 Å². The van der Waals surface area contributed by atoms with Crippen LogP contribution in [0.1, 0.15) is 17.5 Å². The van der Waals surface area contributed by atoms with Crippen molar-refractivity contribution in [1.29, 1.82) is 0 Å². The van der Waals surface area contributed by atoms with Crippen LogP contribution in [0.4, 0.5) is 0 Å². The summed E-state index contributed by atoms with van der Waals surface area (Å²) < 4.78 is 3.02. The summed E-state index contributed by atoms with van der Waals surface area (Å²) in [6, 6.07) is 17.7. The fourth-order valence-corrected chi connectivity index (χ4v) is 4.83. The van der Waals surface area contributed by atoms with Gasteiger partial charge in [-0.3, -0.25) is 0 Å². The van der Waals surface area contributed by atoms with E-state index in [1.165, 1.54) is 25.6 Å². The molecule has 1 aliphatic rings. The van der Waals surface area contributed by atoms with Gasteiger partial charge in [0.1, 0.15) is 0 Å². The fraction of sp³-hybridized carbons (Fsp3) is 0.222. The molecule has 0 fully saturated rings. The van der Waals surface area contributed by atoms with Gasteiger partial charge in [-0.2, -0.15) is 0 Å². The van der Waals surface area contributed by atoms with Crippen LogP contribution in [0, 0.1) is 0 Å². The zero-order valence-corrected chi connectivity index (χ0v) is 13.7. The van der Waals surface area contributed by atoms with Crippen molar-refractivity contribution in [3.8, 4) is 0 Å². The zero-order chi connectivity index (χ0) is 13.9. The Labute approximate surface area is 127 Å². The van der Waals surface area contributed by atoms with Gasteiger partial charge in [-0.1, -0.05) is 0 Å². The standard InChI is InChI=1S/C18H19NSe/c1-19(2)13-7-10-14-15-8-3-5-11-17(15)20-18-12-6-4-9-16(14)18/h3-6,8-12H,7,13H2,1-2H3. The van der Waals surface area contributed by atoms with Crippen molar-refractivity contribution in [2.75, 3.05) is 20.6 Å². The minimum atomic E-state index is 0.437. The predicted octanol–water partition coefficient (Wildman–Crippen LogP) is 2.04. The van der Waals surface area contributed by atoms with Gasteiger partial charge in [-0.15, -0.1) is 0 Å². The molecule has 0 saturated carbocycles. The Balaban J connectivity index is 2.03. The van der Waals surface area contributed by atoms with Crippen molar-refractivity contribution in [2.24, 2.45) is 0 Å². The van der Waals surface area contributed by atoms with Crippen LogP contribution in [0.3, 0.4) is 0 Å². The first-order valence-electron chi connectivity index (χ1n) is 6.97. The molecule has 0 N–H and O–H groups in total. The van der Waals surface area contributed by atoms with Gasteiger partial charge >= 0.3 is 127 Å². The molecule has 3 rings (SSSR count). The van der Waals surface area contributed by atoms with Crippen molar-refractivity contribution in [3.05, 3.63) is 65.7 Å². The normalized spacial score (nSPS) is 13.1. The van der Waals surface area contributed by atoms with Gasteiger partial charge in [0, 0.05) is 0 Å². The Morgan fingerprint density at radius 2 is 1.45 bits per heavy atom. The van der Waals surface area contributed by atoms with E-state index < -0.39 is 0 Å². The number of hydrogen-bond acceptors (Lipinski definition) is 1. The van der Waals surface area contributed by atoms with Gasteiger partial charge in [0.05, 0.1) is 0 Å². The first kappa shape index (κ1) is 13.6. The summed E-state index contributed by atoms with van der Waals surface area (Å²) >= 11 is 0.437. The molecule has 102 valence electrons. The monoisotopic (exact) mass is 329 g/mol. The van der Waals surface area contributed by atoms with E-state index in [-0.39, 0.29) is 0 Å². The van der Waals surface area contributed by atoms with E-state index in [1.807, 2.05) is 0 Å². The second-order valence-electron chi connectivity index (χ2n) is 5.30. The molecule has 0 amide bonds. The third-order valence-corrected chi connectivity index (χ3v) is 5.92. The van der Waals surface area contributed by atoms with Crippen LogP contribution in [0.5, 0.6) is 0 Å². The average molecular weight is 328 g/mol. The van der Waals surface area contributed by atoms with Crippen LogP contribution in [0.15, 0.2) is 54.6 Å². The molecule has 2 heteroatoms. The number of fused-ring (bicyclic) bond motifs is 2. The van der Waals surface area contributed by atoms with Gasteiger partial charge < -0.3 is 0 Å². The van der Waals surface area contributed by atoms with Gasteiger partial charge in [0.25, 0.3) is 0 Å². The number of nitrogens with zero attached hydrogens (tertiary/aromatic N) is 1. The Hall–Kier alpha value is -1.34. The molecule has 0 aromatic heterocycles. The van der Waals surface area contributed by atoms with E-state index in [0.29, 0.717) is 15.0 Å². The quantitative estimate of drug-likeness (QED) is 0.665. The fourth-order valence-electron chi connectivity index (χ4n) is 2.51. The summed E-state index contributed by atoms with van der Waals surface area (Å²) in [5, 5.41) is 0. The van der Waals surface area contributed by atoms with E-state index in [4.69, 9.17) is 0 Å². The molecular weight excluding hydrogens is 309 g/mol. The first-order chi connectivity index (χ1) is 9.75. The molecule has 0 radical (unpaired) electrons. The SMILES string of the molecule is CN(C)CCC=C1c2ccccc2[Se]c2ccccc21. The molecule has 1 heterocycles. The van der Waals surface area contributed by atoms with Crippen molar-refractivity contribution >= 4 is 29.5 Å². The summed E-state index contributed by atoms with van der Waals surface area (Å²) in [6.45, 7) is 1.10. The van der Waals surface area contributed by atoms with E-state index in [9.17, 15) is 0 Å². The first-order valence-corrected chi connectivity index (χ1v) is 8.68. The Bertz CT molecular complexity index is 596. The minimum absolute atomic E-state index is 0.437. The Morgan fingerprint density at radius 1 is 0.900 bits per heavy atom.